The summed E-state index contributed by atoms with van der Waals surface area (Å²) >= 11 is 0. The third kappa shape index (κ3) is 2.40. The minimum atomic E-state index is 0.224. The van der Waals surface area contributed by atoms with Crippen molar-refractivity contribution in [3.05, 3.63) is 18.0 Å². The number of aromatic amines is 1. The predicted molar refractivity (Wildman–Crippen MR) is 94.7 cm³/mol. The van der Waals surface area contributed by atoms with Crippen molar-refractivity contribution in [2.24, 2.45) is 0 Å². The highest BCUT2D eigenvalue weighted by Crippen LogP contribution is 2.33. The predicted octanol–water partition coefficient (Wildman–Crippen LogP) is 1.00. The Bertz CT molecular complexity index is 942. The maximum atomic E-state index is 5.87. The zero-order chi connectivity index (χ0) is 17.7. The highest BCUT2D eigenvalue weighted by atomic mass is 16.5. The van der Waals surface area contributed by atoms with Crippen LogP contribution in [-0.4, -0.2) is 54.5 Å². The molecule has 1 atom stereocenters. The summed E-state index contributed by atoms with van der Waals surface area (Å²) in [5, 5.41) is 9.00. The zero-order valence-corrected chi connectivity index (χ0v) is 14.6. The lowest BCUT2D eigenvalue weighted by Gasteiger charge is -2.34. The summed E-state index contributed by atoms with van der Waals surface area (Å²) in [6.45, 7) is 5.21. The number of anilines is 2. The number of nitrogens with zero attached hydrogens (tertiary/aromatic N) is 7. The lowest BCUT2D eigenvalue weighted by atomic mass is 9.99. The summed E-state index contributed by atoms with van der Waals surface area (Å²) in [6.07, 6.45) is 3.62. The van der Waals surface area contributed by atoms with E-state index in [4.69, 9.17) is 10.5 Å². The average Bonchev–Trinajstić information content (AvgIpc) is 3.28. The molecule has 0 radical (unpaired) electrons. The van der Waals surface area contributed by atoms with Crippen molar-refractivity contribution < 1.29 is 4.74 Å². The van der Waals surface area contributed by atoms with Crippen LogP contribution >= 0.6 is 0 Å². The molecule has 136 valence electrons. The minimum Gasteiger partial charge on any atom is -0.381 e. The molecular weight excluding hydrogens is 334 g/mol. The van der Waals surface area contributed by atoms with E-state index in [0.717, 1.165) is 55.6 Å². The molecule has 3 aromatic rings. The van der Waals surface area contributed by atoms with Gasteiger partial charge in [0.15, 0.2) is 17.3 Å². The number of hydrogen-bond donors (Lipinski definition) is 2. The Morgan fingerprint density at radius 1 is 1.23 bits per heavy atom. The van der Waals surface area contributed by atoms with Gasteiger partial charge >= 0.3 is 0 Å². The topological polar surface area (TPSA) is 124 Å². The van der Waals surface area contributed by atoms with Crippen LogP contribution in [0, 0.1) is 0 Å². The summed E-state index contributed by atoms with van der Waals surface area (Å²) in [4.78, 5) is 18.1. The number of ether oxygens (including phenoxy) is 1. The van der Waals surface area contributed by atoms with Gasteiger partial charge in [0.1, 0.15) is 11.3 Å². The van der Waals surface area contributed by atoms with Gasteiger partial charge in [0.2, 0.25) is 5.95 Å². The first kappa shape index (κ1) is 15.5. The number of aromatic nitrogens is 7. The molecule has 10 nitrogen and oxygen atoms in total. The van der Waals surface area contributed by atoms with Crippen LogP contribution in [0.3, 0.4) is 0 Å². The molecule has 0 spiro atoms. The highest BCUT2D eigenvalue weighted by Gasteiger charge is 2.32. The fraction of sp³-hybridized carbons (Fsp3) is 0.562. The van der Waals surface area contributed by atoms with Crippen LogP contribution in [0.4, 0.5) is 11.8 Å². The van der Waals surface area contributed by atoms with Crippen molar-refractivity contribution in [1.82, 2.24) is 34.7 Å². The van der Waals surface area contributed by atoms with Gasteiger partial charge in [-0.25, -0.2) is 4.98 Å². The Morgan fingerprint density at radius 3 is 2.92 bits per heavy atom. The number of nitrogen functional groups attached to an aromatic ring is 1. The van der Waals surface area contributed by atoms with E-state index in [1.165, 1.54) is 0 Å². The normalized spacial score (nSPS) is 21.3. The molecule has 0 aliphatic carbocycles. The molecule has 26 heavy (non-hydrogen) atoms. The molecule has 1 fully saturated rings. The molecule has 0 saturated carbocycles. The molecule has 10 heteroatoms. The van der Waals surface area contributed by atoms with Crippen LogP contribution in [0.15, 0.2) is 6.33 Å². The highest BCUT2D eigenvalue weighted by molar-refractivity contribution is 5.84. The quantitative estimate of drug-likeness (QED) is 0.698. The van der Waals surface area contributed by atoms with Crippen molar-refractivity contribution in [2.45, 2.75) is 38.3 Å². The Labute approximate surface area is 149 Å². The van der Waals surface area contributed by atoms with Crippen LogP contribution in [0.1, 0.15) is 43.4 Å². The van der Waals surface area contributed by atoms with Crippen LogP contribution < -0.4 is 10.6 Å². The van der Waals surface area contributed by atoms with E-state index in [1.807, 2.05) is 0 Å². The summed E-state index contributed by atoms with van der Waals surface area (Å²) < 4.78 is 7.78. The molecule has 2 aliphatic heterocycles. The lowest BCUT2D eigenvalue weighted by Crippen LogP contribution is -2.38. The Kier molecular flexibility index (Phi) is 3.52. The molecule has 0 aromatic carbocycles. The molecule has 0 unspecified atom stereocenters. The Balaban J connectivity index is 1.51. The third-order valence-electron chi connectivity index (χ3n) is 5.22. The largest absolute Gasteiger partial charge is 0.381 e. The number of H-pyrrole nitrogens is 1. The van der Waals surface area contributed by atoms with Gasteiger partial charge in [-0.3, -0.25) is 0 Å². The molecule has 2 aliphatic rings. The first-order chi connectivity index (χ1) is 12.7. The fourth-order valence-corrected chi connectivity index (χ4v) is 4.02. The number of fused-ring (bicyclic) bond motifs is 2. The molecular formula is C16H21N9O. The van der Waals surface area contributed by atoms with Gasteiger partial charge < -0.3 is 24.9 Å². The van der Waals surface area contributed by atoms with Gasteiger partial charge in [-0.15, -0.1) is 10.2 Å². The second kappa shape index (κ2) is 5.90. The summed E-state index contributed by atoms with van der Waals surface area (Å²) in [5.41, 5.74) is 7.25. The van der Waals surface area contributed by atoms with E-state index in [0.29, 0.717) is 18.1 Å². The van der Waals surface area contributed by atoms with Crippen molar-refractivity contribution in [3.8, 4) is 0 Å². The smallest absolute Gasteiger partial charge is 0.224 e. The van der Waals surface area contributed by atoms with Gasteiger partial charge in [0.25, 0.3) is 0 Å². The molecule has 3 aromatic heterocycles. The first-order valence-electron chi connectivity index (χ1n) is 8.93. The zero-order valence-electron chi connectivity index (χ0n) is 14.6. The SMILES string of the molecule is C[C@H]1CN(c2nc(N)nc3nc[nH]c23)Cc2nnc(C3CCOCC3)n21. The molecule has 5 heterocycles. The van der Waals surface area contributed by atoms with E-state index in [2.05, 4.69) is 46.5 Å². The van der Waals surface area contributed by atoms with Crippen molar-refractivity contribution in [1.29, 1.82) is 0 Å². The molecule has 1 saturated heterocycles. The molecule has 0 amide bonds. The monoisotopic (exact) mass is 355 g/mol. The lowest BCUT2D eigenvalue weighted by molar-refractivity contribution is 0.0823. The van der Waals surface area contributed by atoms with Gasteiger partial charge in [0.05, 0.1) is 18.9 Å². The molecule has 0 bridgehead atoms. The molecule has 3 N–H and O–H groups in total. The van der Waals surface area contributed by atoms with E-state index in [1.54, 1.807) is 6.33 Å². The second-order valence-corrected chi connectivity index (χ2v) is 6.97. The fourth-order valence-electron chi connectivity index (χ4n) is 4.02. The maximum Gasteiger partial charge on any atom is 0.224 e. The Morgan fingerprint density at radius 2 is 2.08 bits per heavy atom. The summed E-state index contributed by atoms with van der Waals surface area (Å²) in [5.74, 6) is 3.45. The van der Waals surface area contributed by atoms with E-state index < -0.39 is 0 Å². The van der Waals surface area contributed by atoms with Crippen LogP contribution in [0.25, 0.3) is 11.2 Å². The van der Waals surface area contributed by atoms with Crippen LogP contribution in [0.2, 0.25) is 0 Å². The summed E-state index contributed by atoms with van der Waals surface area (Å²) in [6, 6.07) is 0.237. The second-order valence-electron chi connectivity index (χ2n) is 6.97. The molecule has 5 rings (SSSR count). The van der Waals surface area contributed by atoms with Crippen molar-refractivity contribution in [2.75, 3.05) is 30.4 Å². The minimum absolute atomic E-state index is 0.224. The Hall–Kier alpha value is -2.75. The van der Waals surface area contributed by atoms with Gasteiger partial charge in [-0.1, -0.05) is 0 Å². The van der Waals surface area contributed by atoms with Crippen molar-refractivity contribution >= 4 is 22.9 Å². The average molecular weight is 355 g/mol. The van der Waals surface area contributed by atoms with E-state index in [-0.39, 0.29) is 12.0 Å². The third-order valence-corrected chi connectivity index (χ3v) is 5.22. The number of imidazole rings is 1. The van der Waals surface area contributed by atoms with Crippen LogP contribution in [-0.2, 0) is 11.3 Å². The number of rotatable bonds is 2. The van der Waals surface area contributed by atoms with E-state index in [9.17, 15) is 0 Å². The van der Waals surface area contributed by atoms with Gasteiger partial charge in [-0.05, 0) is 19.8 Å². The van der Waals surface area contributed by atoms with E-state index >= 15 is 0 Å². The van der Waals surface area contributed by atoms with Crippen molar-refractivity contribution in [3.63, 3.8) is 0 Å². The van der Waals surface area contributed by atoms with Crippen LogP contribution in [0.5, 0.6) is 0 Å². The van der Waals surface area contributed by atoms with Gasteiger partial charge in [-0.2, -0.15) is 9.97 Å². The summed E-state index contributed by atoms with van der Waals surface area (Å²) in [7, 11) is 0. The number of nitrogens with one attached hydrogen (secondary N) is 1. The standard InChI is InChI=1S/C16H21N9O/c1-9-6-24(15-12-13(19-8-18-12)20-16(17)21-15)7-11-22-23-14(25(9)11)10-2-4-26-5-3-10/h8-10H,2-7H2,1H3,(H3,17,18,19,20,21)/t9-/m0/s1. The number of nitrogens with two attached hydrogens (primary N) is 1. The van der Waals surface area contributed by atoms with Gasteiger partial charge in [0, 0.05) is 25.7 Å². The first-order valence-corrected chi connectivity index (χ1v) is 8.93. The number of hydrogen-bond acceptors (Lipinski definition) is 8. The maximum absolute atomic E-state index is 5.87.